The topological polar surface area (TPSA) is 35.5 Å². The molecule has 2 N–H and O–H groups in total. The van der Waals surface area contributed by atoms with E-state index in [0.29, 0.717) is 12.6 Å². The molecule has 3 nitrogen and oxygen atoms in total. The van der Waals surface area contributed by atoms with Crippen LogP contribution in [0.25, 0.3) is 0 Å². The summed E-state index contributed by atoms with van der Waals surface area (Å²) >= 11 is 0. The summed E-state index contributed by atoms with van der Waals surface area (Å²) in [6.07, 6.45) is 2.06. The van der Waals surface area contributed by atoms with E-state index in [2.05, 4.69) is 17.1 Å². The quantitative estimate of drug-likeness (QED) is 0.629. The van der Waals surface area contributed by atoms with Gasteiger partial charge in [0.2, 0.25) is 0 Å². The maximum atomic E-state index is 8.68. The average molecular weight is 172 g/mol. The van der Waals surface area contributed by atoms with E-state index in [1.165, 1.54) is 0 Å². The van der Waals surface area contributed by atoms with Gasteiger partial charge in [-0.3, -0.25) is 4.90 Å². The summed E-state index contributed by atoms with van der Waals surface area (Å²) in [6.45, 7) is 7.13. The van der Waals surface area contributed by atoms with Gasteiger partial charge in [0.1, 0.15) is 0 Å². The third-order valence-electron chi connectivity index (χ3n) is 2.55. The van der Waals surface area contributed by atoms with Crippen molar-refractivity contribution in [3.8, 4) is 0 Å². The van der Waals surface area contributed by atoms with Crippen LogP contribution in [0.1, 0.15) is 19.8 Å². The summed E-state index contributed by atoms with van der Waals surface area (Å²) in [5.41, 5.74) is 0. The lowest BCUT2D eigenvalue weighted by Gasteiger charge is -2.32. The number of nitrogens with zero attached hydrogens (tertiary/aromatic N) is 1. The Morgan fingerprint density at radius 3 is 2.67 bits per heavy atom. The van der Waals surface area contributed by atoms with Crippen molar-refractivity contribution in [1.29, 1.82) is 0 Å². The maximum absolute atomic E-state index is 8.68. The van der Waals surface area contributed by atoms with E-state index < -0.39 is 0 Å². The van der Waals surface area contributed by atoms with Gasteiger partial charge in [0, 0.05) is 38.8 Å². The highest BCUT2D eigenvalue weighted by Crippen LogP contribution is 2.06. The molecule has 1 atom stereocenters. The molecule has 0 aliphatic carbocycles. The highest BCUT2D eigenvalue weighted by Gasteiger charge is 2.15. The smallest absolute Gasteiger partial charge is 0.0431 e. The van der Waals surface area contributed by atoms with Crippen LogP contribution in [0.15, 0.2) is 0 Å². The van der Waals surface area contributed by atoms with E-state index in [4.69, 9.17) is 5.11 Å². The van der Waals surface area contributed by atoms with Gasteiger partial charge in [-0.05, 0) is 19.8 Å². The van der Waals surface area contributed by atoms with Crippen molar-refractivity contribution in [2.75, 3.05) is 32.8 Å². The summed E-state index contributed by atoms with van der Waals surface area (Å²) in [5, 5.41) is 12.0. The largest absolute Gasteiger partial charge is 0.396 e. The van der Waals surface area contributed by atoms with Crippen LogP contribution >= 0.6 is 0 Å². The highest BCUT2D eigenvalue weighted by atomic mass is 16.2. The SMILES string of the molecule is C[C@H](CCCO)N1CCNCC1. The number of rotatable bonds is 4. The first-order chi connectivity index (χ1) is 5.84. The normalized spacial score (nSPS) is 22.5. The molecule has 0 aromatic carbocycles. The maximum Gasteiger partial charge on any atom is 0.0431 e. The van der Waals surface area contributed by atoms with Crippen molar-refractivity contribution in [3.05, 3.63) is 0 Å². The fourth-order valence-electron chi connectivity index (χ4n) is 1.69. The Hall–Kier alpha value is -0.120. The predicted octanol–water partition coefficient (Wildman–Crippen LogP) is 0.0526. The van der Waals surface area contributed by atoms with Crippen LogP contribution in [0, 0.1) is 0 Å². The van der Waals surface area contributed by atoms with Crippen LogP contribution in [0.3, 0.4) is 0 Å². The molecule has 12 heavy (non-hydrogen) atoms. The molecule has 0 aromatic heterocycles. The Bertz CT molecular complexity index is 113. The zero-order chi connectivity index (χ0) is 8.81. The molecular weight excluding hydrogens is 152 g/mol. The lowest BCUT2D eigenvalue weighted by molar-refractivity contribution is 0.165. The van der Waals surface area contributed by atoms with E-state index in [1.807, 2.05) is 0 Å². The van der Waals surface area contributed by atoms with E-state index >= 15 is 0 Å². The molecule has 1 rings (SSSR count). The zero-order valence-corrected chi connectivity index (χ0v) is 7.92. The Balaban J connectivity index is 2.15. The first-order valence-electron chi connectivity index (χ1n) is 4.90. The second-order valence-corrected chi connectivity index (χ2v) is 3.50. The van der Waals surface area contributed by atoms with Crippen molar-refractivity contribution in [3.63, 3.8) is 0 Å². The Morgan fingerprint density at radius 2 is 2.08 bits per heavy atom. The number of piperazine rings is 1. The summed E-state index contributed by atoms with van der Waals surface area (Å²) in [7, 11) is 0. The minimum absolute atomic E-state index is 0.330. The van der Waals surface area contributed by atoms with Crippen LogP contribution in [0.5, 0.6) is 0 Å². The van der Waals surface area contributed by atoms with Crippen LogP contribution in [0.2, 0.25) is 0 Å². The number of hydrogen-bond acceptors (Lipinski definition) is 3. The summed E-state index contributed by atoms with van der Waals surface area (Å²) in [5.74, 6) is 0. The molecule has 0 saturated carbocycles. The first kappa shape index (κ1) is 9.96. The second kappa shape index (κ2) is 5.51. The van der Waals surface area contributed by atoms with Gasteiger partial charge in [0.25, 0.3) is 0 Å². The zero-order valence-electron chi connectivity index (χ0n) is 7.92. The molecule has 0 spiro atoms. The summed E-state index contributed by atoms with van der Waals surface area (Å²) in [6, 6.07) is 0.638. The molecule has 0 radical (unpaired) electrons. The molecule has 1 aliphatic rings. The molecule has 1 aliphatic heterocycles. The van der Waals surface area contributed by atoms with Gasteiger partial charge in [0.05, 0.1) is 0 Å². The van der Waals surface area contributed by atoms with E-state index in [0.717, 1.165) is 39.0 Å². The fraction of sp³-hybridized carbons (Fsp3) is 1.00. The molecular formula is C9H20N2O. The van der Waals surface area contributed by atoms with Crippen LogP contribution in [-0.2, 0) is 0 Å². The third-order valence-corrected chi connectivity index (χ3v) is 2.55. The molecule has 1 saturated heterocycles. The van der Waals surface area contributed by atoms with Gasteiger partial charge in [0.15, 0.2) is 0 Å². The van der Waals surface area contributed by atoms with Crippen molar-refractivity contribution in [2.45, 2.75) is 25.8 Å². The summed E-state index contributed by atoms with van der Waals surface area (Å²) in [4.78, 5) is 2.49. The van der Waals surface area contributed by atoms with Crippen LogP contribution in [-0.4, -0.2) is 48.8 Å². The summed E-state index contributed by atoms with van der Waals surface area (Å²) < 4.78 is 0. The number of aliphatic hydroxyl groups excluding tert-OH is 1. The van der Waals surface area contributed by atoms with E-state index in [-0.39, 0.29) is 0 Å². The molecule has 72 valence electrons. The van der Waals surface area contributed by atoms with Crippen molar-refractivity contribution in [1.82, 2.24) is 10.2 Å². The molecule has 0 amide bonds. The van der Waals surface area contributed by atoms with Gasteiger partial charge in [-0.1, -0.05) is 0 Å². The van der Waals surface area contributed by atoms with Crippen molar-refractivity contribution in [2.24, 2.45) is 0 Å². The highest BCUT2D eigenvalue weighted by molar-refractivity contribution is 4.73. The lowest BCUT2D eigenvalue weighted by Crippen LogP contribution is -2.47. The Labute approximate surface area is 74.8 Å². The molecule has 0 bridgehead atoms. The lowest BCUT2D eigenvalue weighted by atomic mass is 10.1. The average Bonchev–Trinajstić information content (AvgIpc) is 2.15. The van der Waals surface area contributed by atoms with Crippen molar-refractivity contribution < 1.29 is 5.11 Å². The monoisotopic (exact) mass is 172 g/mol. The standard InChI is InChI=1S/C9H20N2O/c1-9(3-2-8-12)11-6-4-10-5-7-11/h9-10,12H,2-8H2,1H3/t9-/m1/s1. The Morgan fingerprint density at radius 1 is 1.42 bits per heavy atom. The van der Waals surface area contributed by atoms with Crippen LogP contribution < -0.4 is 5.32 Å². The van der Waals surface area contributed by atoms with Gasteiger partial charge in [-0.15, -0.1) is 0 Å². The minimum Gasteiger partial charge on any atom is -0.396 e. The molecule has 1 heterocycles. The molecule has 1 fully saturated rings. The minimum atomic E-state index is 0.330. The fourth-order valence-corrected chi connectivity index (χ4v) is 1.69. The second-order valence-electron chi connectivity index (χ2n) is 3.50. The number of hydrogen-bond donors (Lipinski definition) is 2. The molecule has 3 heteroatoms. The van der Waals surface area contributed by atoms with E-state index in [1.54, 1.807) is 0 Å². The molecule has 0 aromatic rings. The predicted molar refractivity (Wildman–Crippen MR) is 50.2 cm³/mol. The van der Waals surface area contributed by atoms with Gasteiger partial charge in [-0.25, -0.2) is 0 Å². The number of aliphatic hydroxyl groups is 1. The van der Waals surface area contributed by atoms with Gasteiger partial charge >= 0.3 is 0 Å². The van der Waals surface area contributed by atoms with E-state index in [9.17, 15) is 0 Å². The first-order valence-corrected chi connectivity index (χ1v) is 4.90. The van der Waals surface area contributed by atoms with Crippen molar-refractivity contribution >= 4 is 0 Å². The van der Waals surface area contributed by atoms with Gasteiger partial charge in [-0.2, -0.15) is 0 Å². The molecule has 0 unspecified atom stereocenters. The third kappa shape index (κ3) is 3.09. The Kier molecular flexibility index (Phi) is 4.58. The van der Waals surface area contributed by atoms with Gasteiger partial charge < -0.3 is 10.4 Å². The number of nitrogens with one attached hydrogen (secondary N) is 1. The van der Waals surface area contributed by atoms with Crippen LogP contribution in [0.4, 0.5) is 0 Å².